The molecule has 0 aliphatic rings. The number of imidazole rings is 1. The van der Waals surface area contributed by atoms with Gasteiger partial charge in [0.1, 0.15) is 0 Å². The number of rotatable bonds is 3. The average molecular weight is 315 g/mol. The highest BCUT2D eigenvalue weighted by atomic mass is 32.2. The number of hydrogen-bond acceptors (Lipinski definition) is 7. The Hall–Kier alpha value is -1.65. The van der Waals surface area contributed by atoms with Gasteiger partial charge in [0.2, 0.25) is 5.03 Å². The molecule has 0 bridgehead atoms. The molecule has 10 heteroatoms. The Morgan fingerprint density at radius 2 is 2.26 bits per heavy atom. The number of fused-ring (bicyclic) bond motifs is 1. The highest BCUT2D eigenvalue weighted by Crippen LogP contribution is 2.26. The van der Waals surface area contributed by atoms with Crippen molar-refractivity contribution in [1.29, 1.82) is 0 Å². The van der Waals surface area contributed by atoms with Crippen molar-refractivity contribution in [2.24, 2.45) is 0 Å². The molecule has 3 rings (SSSR count). The summed E-state index contributed by atoms with van der Waals surface area (Å²) in [5.74, 6) is -0.0207. The maximum absolute atomic E-state index is 12.3. The Bertz CT molecular complexity index is 844. The summed E-state index contributed by atoms with van der Waals surface area (Å²) < 4.78 is 28.5. The van der Waals surface area contributed by atoms with Gasteiger partial charge in [0.05, 0.1) is 0 Å². The fraction of sp³-hybridized carbons (Fsp3) is 0.111. The van der Waals surface area contributed by atoms with Crippen molar-refractivity contribution < 1.29 is 8.42 Å². The maximum Gasteiger partial charge on any atom is 0.283 e. The number of aryl methyl sites for hydroxylation is 1. The summed E-state index contributed by atoms with van der Waals surface area (Å²) in [4.78, 5) is 9.43. The van der Waals surface area contributed by atoms with E-state index in [9.17, 15) is 8.42 Å². The molecule has 0 fully saturated rings. The van der Waals surface area contributed by atoms with Crippen LogP contribution in [0.2, 0.25) is 0 Å². The van der Waals surface area contributed by atoms with E-state index >= 15 is 0 Å². The Morgan fingerprint density at radius 1 is 1.47 bits per heavy atom. The Labute approximate surface area is 116 Å². The fourth-order valence-electron chi connectivity index (χ4n) is 1.61. The molecule has 19 heavy (non-hydrogen) atoms. The molecule has 0 unspecified atom stereocenters. The third kappa shape index (κ3) is 2.07. The molecule has 0 aliphatic carbocycles. The molecule has 7 nitrogen and oxygen atoms in total. The van der Waals surface area contributed by atoms with Crippen LogP contribution >= 0.6 is 22.7 Å². The number of thiazole rings is 2. The Kier molecular flexibility index (Phi) is 2.73. The SMILES string of the molecule is Cc1cnc(NS(=O)(=O)c2c(N)nc3sccn23)s1. The van der Waals surface area contributed by atoms with Crippen LogP contribution in [0.25, 0.3) is 4.96 Å². The molecule has 0 radical (unpaired) electrons. The van der Waals surface area contributed by atoms with Crippen LogP contribution in [-0.4, -0.2) is 22.8 Å². The van der Waals surface area contributed by atoms with Gasteiger partial charge >= 0.3 is 0 Å². The van der Waals surface area contributed by atoms with E-state index in [2.05, 4.69) is 14.7 Å². The summed E-state index contributed by atoms with van der Waals surface area (Å²) in [6.45, 7) is 1.85. The molecular formula is C9H9N5O2S3. The van der Waals surface area contributed by atoms with E-state index in [1.807, 2.05) is 6.92 Å². The van der Waals surface area contributed by atoms with Crippen molar-refractivity contribution in [2.45, 2.75) is 11.9 Å². The number of sulfonamides is 1. The summed E-state index contributed by atoms with van der Waals surface area (Å²) in [6, 6.07) is 0. The van der Waals surface area contributed by atoms with E-state index in [-0.39, 0.29) is 10.8 Å². The first-order valence-electron chi connectivity index (χ1n) is 5.13. The molecule has 0 amide bonds. The second-order valence-corrected chi connectivity index (χ2v) is 7.44. The quantitative estimate of drug-likeness (QED) is 0.763. The third-order valence-electron chi connectivity index (χ3n) is 2.34. The number of aromatic nitrogens is 3. The lowest BCUT2D eigenvalue weighted by atomic mass is 10.7. The van der Waals surface area contributed by atoms with Gasteiger partial charge in [-0.15, -0.1) is 22.7 Å². The second kappa shape index (κ2) is 4.18. The molecule has 3 N–H and O–H groups in total. The molecule has 3 heterocycles. The van der Waals surface area contributed by atoms with E-state index in [0.717, 1.165) is 4.88 Å². The number of anilines is 2. The molecule has 100 valence electrons. The minimum Gasteiger partial charge on any atom is -0.381 e. The number of nitrogens with zero attached hydrogens (tertiary/aromatic N) is 3. The zero-order chi connectivity index (χ0) is 13.6. The van der Waals surface area contributed by atoms with Crippen LogP contribution in [0, 0.1) is 6.92 Å². The summed E-state index contributed by atoms with van der Waals surface area (Å²) in [5, 5.41) is 1.99. The van der Waals surface area contributed by atoms with Gasteiger partial charge in [-0.25, -0.2) is 9.97 Å². The molecule has 3 aromatic heterocycles. The molecule has 0 aromatic carbocycles. The van der Waals surface area contributed by atoms with Gasteiger partial charge in [0.15, 0.2) is 15.9 Å². The molecule has 0 aliphatic heterocycles. The summed E-state index contributed by atoms with van der Waals surface area (Å²) in [5.41, 5.74) is 5.68. The topological polar surface area (TPSA) is 102 Å². The highest BCUT2D eigenvalue weighted by molar-refractivity contribution is 7.93. The second-order valence-electron chi connectivity index (χ2n) is 3.74. The summed E-state index contributed by atoms with van der Waals surface area (Å²) >= 11 is 2.57. The molecule has 0 atom stereocenters. The molecule has 0 spiro atoms. The van der Waals surface area contributed by atoms with Crippen molar-refractivity contribution in [1.82, 2.24) is 14.4 Å². The predicted molar refractivity (Wildman–Crippen MR) is 75.1 cm³/mol. The first-order chi connectivity index (χ1) is 8.97. The summed E-state index contributed by atoms with van der Waals surface area (Å²) in [6.07, 6.45) is 3.22. The van der Waals surface area contributed by atoms with Gasteiger partial charge in [-0.3, -0.25) is 9.12 Å². The highest BCUT2D eigenvalue weighted by Gasteiger charge is 2.25. The normalized spacial score (nSPS) is 12.1. The third-order valence-corrected chi connectivity index (χ3v) is 5.43. The zero-order valence-electron chi connectivity index (χ0n) is 9.69. The van der Waals surface area contributed by atoms with E-state index < -0.39 is 10.0 Å². The van der Waals surface area contributed by atoms with Crippen LogP contribution in [0.1, 0.15) is 4.88 Å². The molecule has 0 saturated carbocycles. The maximum atomic E-state index is 12.3. The first-order valence-corrected chi connectivity index (χ1v) is 8.31. The van der Waals surface area contributed by atoms with Crippen molar-refractivity contribution in [3.8, 4) is 0 Å². The lowest BCUT2D eigenvalue weighted by molar-refractivity contribution is 0.597. The van der Waals surface area contributed by atoms with Crippen LogP contribution in [0.4, 0.5) is 10.9 Å². The smallest absolute Gasteiger partial charge is 0.283 e. The van der Waals surface area contributed by atoms with E-state index in [1.54, 1.807) is 17.8 Å². The fourth-order valence-corrected chi connectivity index (χ4v) is 4.51. The Morgan fingerprint density at radius 3 is 2.95 bits per heavy atom. The van der Waals surface area contributed by atoms with Crippen LogP contribution in [0.3, 0.4) is 0 Å². The van der Waals surface area contributed by atoms with Gasteiger partial charge in [-0.05, 0) is 6.92 Å². The first kappa shape index (κ1) is 12.4. The average Bonchev–Trinajstić information content (AvgIpc) is 2.93. The van der Waals surface area contributed by atoms with E-state index in [1.165, 1.54) is 27.1 Å². The zero-order valence-corrected chi connectivity index (χ0v) is 12.1. The van der Waals surface area contributed by atoms with Crippen molar-refractivity contribution in [3.05, 3.63) is 22.7 Å². The standard InChI is InChI=1S/C9H9N5O2S3/c1-5-4-11-8(18-5)13-19(15,16)7-6(10)12-9-14(7)2-3-17-9/h2-4H,10H2,1H3,(H,11,13). The monoisotopic (exact) mass is 315 g/mol. The lowest BCUT2D eigenvalue weighted by Crippen LogP contribution is -2.16. The van der Waals surface area contributed by atoms with Gasteiger partial charge in [0, 0.05) is 22.7 Å². The molecule has 3 aromatic rings. The molecular weight excluding hydrogens is 306 g/mol. The summed E-state index contributed by atoms with van der Waals surface area (Å²) in [7, 11) is -3.80. The van der Waals surface area contributed by atoms with Gasteiger partial charge in [0.25, 0.3) is 10.0 Å². The van der Waals surface area contributed by atoms with Gasteiger partial charge in [-0.2, -0.15) is 8.42 Å². The lowest BCUT2D eigenvalue weighted by Gasteiger charge is -2.04. The van der Waals surface area contributed by atoms with E-state index in [4.69, 9.17) is 5.73 Å². The van der Waals surface area contributed by atoms with Crippen molar-refractivity contribution in [2.75, 3.05) is 10.5 Å². The van der Waals surface area contributed by atoms with Crippen LogP contribution < -0.4 is 10.5 Å². The van der Waals surface area contributed by atoms with Crippen molar-refractivity contribution >= 4 is 48.6 Å². The Balaban J connectivity index is 2.09. The van der Waals surface area contributed by atoms with Crippen LogP contribution in [-0.2, 0) is 10.0 Å². The minimum atomic E-state index is -3.80. The predicted octanol–water partition coefficient (Wildman–Crippen LogP) is 1.54. The van der Waals surface area contributed by atoms with Gasteiger partial charge in [-0.1, -0.05) is 0 Å². The largest absolute Gasteiger partial charge is 0.381 e. The van der Waals surface area contributed by atoms with Crippen molar-refractivity contribution in [3.63, 3.8) is 0 Å². The number of nitrogens with two attached hydrogens (primary N) is 1. The number of hydrogen-bond donors (Lipinski definition) is 2. The molecule has 0 saturated heterocycles. The van der Waals surface area contributed by atoms with Crippen LogP contribution in [0.15, 0.2) is 22.8 Å². The van der Waals surface area contributed by atoms with Gasteiger partial charge < -0.3 is 5.73 Å². The van der Waals surface area contributed by atoms with Crippen LogP contribution in [0.5, 0.6) is 0 Å². The minimum absolute atomic E-state index is 0.0207. The van der Waals surface area contributed by atoms with E-state index in [0.29, 0.717) is 10.1 Å². The number of nitrogens with one attached hydrogen (secondary N) is 1. The number of nitrogen functional groups attached to an aromatic ring is 1.